The zero-order valence-electron chi connectivity index (χ0n) is 31.2. The molecule has 1 aliphatic rings. The number of benzene rings is 10. The second-order valence-electron chi connectivity index (χ2n) is 16.0. The molecule has 1 aromatic heterocycles. The summed E-state index contributed by atoms with van der Waals surface area (Å²) in [6, 6.07) is 67.2. The molecule has 0 aliphatic heterocycles. The lowest BCUT2D eigenvalue weighted by Gasteiger charge is -2.22. The van der Waals surface area contributed by atoms with Crippen LogP contribution in [0.3, 0.4) is 0 Å². The topological polar surface area (TPSA) is 13.1 Å². The summed E-state index contributed by atoms with van der Waals surface area (Å²) in [7, 11) is 0. The molecular formula is C55H36O. The Balaban J connectivity index is 0.967. The smallest absolute Gasteiger partial charge is 0.136 e. The van der Waals surface area contributed by atoms with Gasteiger partial charge in [-0.3, -0.25) is 0 Å². The van der Waals surface area contributed by atoms with Crippen LogP contribution in [0.15, 0.2) is 186 Å². The van der Waals surface area contributed by atoms with Crippen molar-refractivity contribution in [3.8, 4) is 44.5 Å². The molecule has 262 valence electrons. The Morgan fingerprint density at radius 2 is 0.875 bits per heavy atom. The van der Waals surface area contributed by atoms with Crippen LogP contribution in [-0.2, 0) is 5.41 Å². The minimum atomic E-state index is -0.134. The molecule has 1 heteroatoms. The normalized spacial score (nSPS) is 13.3. The fraction of sp³-hybridized carbons (Fsp3) is 0.0545. The Kier molecular flexibility index (Phi) is 6.46. The number of hydrogen-bond acceptors (Lipinski definition) is 1. The van der Waals surface area contributed by atoms with Gasteiger partial charge >= 0.3 is 0 Å². The van der Waals surface area contributed by atoms with Gasteiger partial charge in [0.25, 0.3) is 0 Å². The van der Waals surface area contributed by atoms with E-state index in [1.54, 1.807) is 0 Å². The van der Waals surface area contributed by atoms with E-state index in [0.717, 1.165) is 11.2 Å². The maximum atomic E-state index is 6.36. The average Bonchev–Trinajstić information content (AvgIpc) is 3.72. The molecule has 0 spiro atoms. The quantitative estimate of drug-likeness (QED) is 0.166. The van der Waals surface area contributed by atoms with Crippen LogP contribution in [0, 0.1) is 0 Å². The lowest BCUT2D eigenvalue weighted by molar-refractivity contribution is 0.661. The van der Waals surface area contributed by atoms with Crippen molar-refractivity contribution in [2.75, 3.05) is 0 Å². The van der Waals surface area contributed by atoms with E-state index < -0.39 is 0 Å². The van der Waals surface area contributed by atoms with Crippen LogP contribution in [0.1, 0.15) is 25.0 Å². The van der Waals surface area contributed by atoms with Gasteiger partial charge in [0.1, 0.15) is 11.2 Å². The first-order valence-electron chi connectivity index (χ1n) is 19.6. The predicted octanol–water partition coefficient (Wildman–Crippen LogP) is 15.5. The molecule has 0 fully saturated rings. The molecule has 11 aromatic rings. The summed E-state index contributed by atoms with van der Waals surface area (Å²) in [6.07, 6.45) is 0. The minimum Gasteiger partial charge on any atom is -0.456 e. The van der Waals surface area contributed by atoms with E-state index in [2.05, 4.69) is 190 Å². The second kappa shape index (κ2) is 11.5. The maximum absolute atomic E-state index is 6.36. The number of rotatable bonds is 3. The molecule has 1 nitrogen and oxygen atoms in total. The van der Waals surface area contributed by atoms with Crippen molar-refractivity contribution in [1.82, 2.24) is 0 Å². The Morgan fingerprint density at radius 3 is 1.59 bits per heavy atom. The predicted molar refractivity (Wildman–Crippen MR) is 238 cm³/mol. The van der Waals surface area contributed by atoms with E-state index in [4.69, 9.17) is 4.42 Å². The van der Waals surface area contributed by atoms with Gasteiger partial charge in [-0.1, -0.05) is 159 Å². The van der Waals surface area contributed by atoms with Crippen molar-refractivity contribution in [3.63, 3.8) is 0 Å². The van der Waals surface area contributed by atoms with E-state index >= 15 is 0 Å². The maximum Gasteiger partial charge on any atom is 0.136 e. The summed E-state index contributed by atoms with van der Waals surface area (Å²) in [5, 5.41) is 12.4. The summed E-state index contributed by atoms with van der Waals surface area (Å²) >= 11 is 0. The van der Waals surface area contributed by atoms with Crippen LogP contribution >= 0.6 is 0 Å². The fourth-order valence-electron chi connectivity index (χ4n) is 9.90. The number of furan rings is 1. The van der Waals surface area contributed by atoms with Crippen LogP contribution in [0.4, 0.5) is 0 Å². The lowest BCUT2D eigenvalue weighted by Crippen LogP contribution is -2.15. The SMILES string of the molecule is CC1(C)c2cc(-c3ccc4cc(-c5c6ccccc6c(-c6ccccc6)c6ccccc56)ccc4c3)ccc2-c2c1ccc1cc3c(cc21)oc1ccccc13. The van der Waals surface area contributed by atoms with Crippen molar-refractivity contribution < 1.29 is 4.42 Å². The van der Waals surface area contributed by atoms with Gasteiger partial charge in [-0.2, -0.15) is 0 Å². The van der Waals surface area contributed by atoms with E-state index in [1.807, 2.05) is 6.07 Å². The summed E-state index contributed by atoms with van der Waals surface area (Å²) in [5.41, 5.74) is 14.7. The standard InChI is InChI=1S/C55H36O/c1-55(2)48-27-25-38-30-47-40-14-10-11-19-50(40)56-51(47)32-46(38)54(48)45-26-24-37(31-49(45)55)35-20-21-36-29-39(23-22-34(36)28-35)53-43-17-8-6-15-41(43)52(33-12-4-3-5-13-33)42-16-7-9-18-44(42)53/h3-32H,1-2H3. The average molecular weight is 713 g/mol. The molecule has 0 saturated carbocycles. The van der Waals surface area contributed by atoms with E-state index in [1.165, 1.54) is 109 Å². The third-order valence-corrected chi connectivity index (χ3v) is 12.6. The van der Waals surface area contributed by atoms with Gasteiger partial charge in [0, 0.05) is 16.2 Å². The van der Waals surface area contributed by atoms with Gasteiger partial charge in [0.2, 0.25) is 0 Å². The van der Waals surface area contributed by atoms with Crippen molar-refractivity contribution >= 4 is 65.0 Å². The first-order valence-corrected chi connectivity index (χ1v) is 19.6. The zero-order valence-corrected chi connectivity index (χ0v) is 31.2. The van der Waals surface area contributed by atoms with Gasteiger partial charge in [0.15, 0.2) is 0 Å². The van der Waals surface area contributed by atoms with Crippen LogP contribution < -0.4 is 0 Å². The van der Waals surface area contributed by atoms with Crippen molar-refractivity contribution in [2.45, 2.75) is 19.3 Å². The summed E-state index contributed by atoms with van der Waals surface area (Å²) in [6.45, 7) is 4.74. The van der Waals surface area contributed by atoms with E-state index in [9.17, 15) is 0 Å². The van der Waals surface area contributed by atoms with E-state index in [-0.39, 0.29) is 5.41 Å². The number of para-hydroxylation sites is 1. The molecule has 0 N–H and O–H groups in total. The zero-order chi connectivity index (χ0) is 37.1. The van der Waals surface area contributed by atoms with Crippen LogP contribution in [-0.4, -0.2) is 0 Å². The Labute approximate surface area is 325 Å². The molecular weight excluding hydrogens is 677 g/mol. The molecule has 0 atom stereocenters. The van der Waals surface area contributed by atoms with Gasteiger partial charge < -0.3 is 4.42 Å². The van der Waals surface area contributed by atoms with Gasteiger partial charge in [-0.05, 0) is 135 Å². The molecule has 10 aromatic carbocycles. The molecule has 12 rings (SSSR count). The monoisotopic (exact) mass is 712 g/mol. The van der Waals surface area contributed by atoms with Crippen LogP contribution in [0.2, 0.25) is 0 Å². The van der Waals surface area contributed by atoms with Gasteiger partial charge in [0.05, 0.1) is 0 Å². The second-order valence-corrected chi connectivity index (χ2v) is 16.0. The molecule has 0 unspecified atom stereocenters. The molecule has 0 saturated heterocycles. The minimum absolute atomic E-state index is 0.134. The Hall–Kier alpha value is -6.96. The highest BCUT2D eigenvalue weighted by Gasteiger charge is 2.37. The molecule has 1 heterocycles. The third kappa shape index (κ3) is 4.43. The van der Waals surface area contributed by atoms with E-state index in [0.29, 0.717) is 0 Å². The highest BCUT2D eigenvalue weighted by molar-refractivity contribution is 6.22. The number of fused-ring (bicyclic) bond motifs is 11. The summed E-state index contributed by atoms with van der Waals surface area (Å²) in [5.74, 6) is 0. The third-order valence-electron chi connectivity index (χ3n) is 12.6. The Morgan fingerprint density at radius 1 is 0.321 bits per heavy atom. The highest BCUT2D eigenvalue weighted by atomic mass is 16.3. The van der Waals surface area contributed by atoms with Crippen molar-refractivity contribution in [3.05, 3.63) is 193 Å². The summed E-state index contributed by atoms with van der Waals surface area (Å²) < 4.78 is 6.36. The largest absolute Gasteiger partial charge is 0.456 e. The van der Waals surface area contributed by atoms with Crippen LogP contribution in [0.5, 0.6) is 0 Å². The molecule has 0 amide bonds. The lowest BCUT2D eigenvalue weighted by atomic mass is 9.81. The van der Waals surface area contributed by atoms with Gasteiger partial charge in [-0.15, -0.1) is 0 Å². The first kappa shape index (κ1) is 31.4. The number of hydrogen-bond donors (Lipinski definition) is 0. The molecule has 0 bridgehead atoms. The van der Waals surface area contributed by atoms with Gasteiger partial charge in [-0.25, -0.2) is 0 Å². The van der Waals surface area contributed by atoms with Crippen molar-refractivity contribution in [2.24, 2.45) is 0 Å². The van der Waals surface area contributed by atoms with Crippen molar-refractivity contribution in [1.29, 1.82) is 0 Å². The molecule has 0 radical (unpaired) electrons. The summed E-state index contributed by atoms with van der Waals surface area (Å²) in [4.78, 5) is 0. The molecule has 1 aliphatic carbocycles. The molecule has 56 heavy (non-hydrogen) atoms. The van der Waals surface area contributed by atoms with Crippen LogP contribution in [0.25, 0.3) is 110 Å². The Bertz CT molecular complexity index is 3380. The first-order chi connectivity index (χ1) is 27.5. The fourth-order valence-corrected chi connectivity index (χ4v) is 9.90. The highest BCUT2D eigenvalue weighted by Crippen LogP contribution is 2.53.